The highest BCUT2D eigenvalue weighted by Gasteiger charge is 2.21. The van der Waals surface area contributed by atoms with Crippen LogP contribution in [-0.4, -0.2) is 17.6 Å². The van der Waals surface area contributed by atoms with Crippen molar-refractivity contribution in [1.29, 1.82) is 0 Å². The Morgan fingerprint density at radius 1 is 1.47 bits per heavy atom. The number of allylic oxidation sites excluding steroid dienone is 2. The van der Waals surface area contributed by atoms with Crippen molar-refractivity contribution in [2.24, 2.45) is 5.92 Å². The number of hydrogen-bond acceptors (Lipinski definition) is 4. The van der Waals surface area contributed by atoms with Crippen LogP contribution in [0.2, 0.25) is 0 Å². The first-order chi connectivity index (χ1) is 7.99. The molecule has 0 aliphatic heterocycles. The van der Waals surface area contributed by atoms with E-state index in [1.165, 1.54) is 6.08 Å². The van der Waals surface area contributed by atoms with Crippen LogP contribution in [0, 0.1) is 16.0 Å². The van der Waals surface area contributed by atoms with Gasteiger partial charge >= 0.3 is 6.09 Å². The predicted molar refractivity (Wildman–Crippen MR) is 61.6 cm³/mol. The Kier molecular flexibility index (Phi) is 4.45. The number of alkyl carbamates (subject to hydrolysis) is 1. The van der Waals surface area contributed by atoms with Crippen molar-refractivity contribution in [2.75, 3.05) is 6.54 Å². The standard InChI is InChI=1S/C11H14N2O4/c1-8(13(15)16)3-4-9(2)17-11(14)12-7-10-5-6-10/h3-4,10H,1-2,5-7H2,(H,12,14)/b4-3-. The van der Waals surface area contributed by atoms with Crippen molar-refractivity contribution in [3.63, 3.8) is 0 Å². The molecule has 17 heavy (non-hydrogen) atoms. The van der Waals surface area contributed by atoms with E-state index in [-0.39, 0.29) is 11.5 Å². The fourth-order valence-electron chi connectivity index (χ4n) is 0.989. The number of carbonyl (C=O) groups excluding carboxylic acids is 1. The molecule has 1 N–H and O–H groups in total. The molecule has 0 atom stereocenters. The maximum Gasteiger partial charge on any atom is 0.412 e. The average molecular weight is 238 g/mol. The minimum atomic E-state index is -0.642. The van der Waals surface area contributed by atoms with Crippen molar-refractivity contribution in [2.45, 2.75) is 12.8 Å². The summed E-state index contributed by atoms with van der Waals surface area (Å²) in [4.78, 5) is 20.8. The SMILES string of the molecule is C=C(/C=C\C(=C)[N+](=O)[O-])OC(=O)NCC1CC1. The third-order valence-electron chi connectivity index (χ3n) is 2.15. The first kappa shape index (κ1) is 13.0. The van der Waals surface area contributed by atoms with Crippen LogP contribution >= 0.6 is 0 Å². The molecule has 1 aliphatic carbocycles. The molecule has 0 saturated heterocycles. The molecule has 1 aliphatic rings. The van der Waals surface area contributed by atoms with Crippen molar-refractivity contribution in [3.8, 4) is 0 Å². The molecule has 0 heterocycles. The van der Waals surface area contributed by atoms with E-state index in [0.29, 0.717) is 12.5 Å². The largest absolute Gasteiger partial charge is 0.412 e. The van der Waals surface area contributed by atoms with E-state index in [2.05, 4.69) is 18.5 Å². The second-order valence-corrected chi connectivity index (χ2v) is 3.76. The normalized spacial score (nSPS) is 14.4. The molecular weight excluding hydrogens is 224 g/mol. The summed E-state index contributed by atoms with van der Waals surface area (Å²) in [5.41, 5.74) is -0.298. The van der Waals surface area contributed by atoms with Gasteiger partial charge in [0, 0.05) is 12.6 Å². The number of rotatable bonds is 6. The molecule has 1 rings (SSSR count). The number of nitrogens with zero attached hydrogens (tertiary/aromatic N) is 1. The highest BCUT2D eigenvalue weighted by atomic mass is 16.6. The molecular formula is C11H14N2O4. The number of carbonyl (C=O) groups is 1. The topological polar surface area (TPSA) is 81.5 Å². The summed E-state index contributed by atoms with van der Waals surface area (Å²) in [6.45, 7) is 7.22. The van der Waals surface area contributed by atoms with Crippen LogP contribution in [0.4, 0.5) is 4.79 Å². The molecule has 6 nitrogen and oxygen atoms in total. The maximum absolute atomic E-state index is 11.2. The van der Waals surface area contributed by atoms with E-state index in [9.17, 15) is 14.9 Å². The number of ether oxygens (including phenoxy) is 1. The smallest absolute Gasteiger partial charge is 0.411 e. The molecule has 0 aromatic heterocycles. The van der Waals surface area contributed by atoms with Crippen molar-refractivity contribution >= 4 is 6.09 Å². The molecule has 0 aromatic rings. The summed E-state index contributed by atoms with van der Waals surface area (Å²) in [6, 6.07) is 0. The second-order valence-electron chi connectivity index (χ2n) is 3.76. The molecule has 1 saturated carbocycles. The minimum Gasteiger partial charge on any atom is -0.411 e. The summed E-state index contributed by atoms with van der Waals surface area (Å²) >= 11 is 0. The summed E-state index contributed by atoms with van der Waals surface area (Å²) in [5, 5.41) is 12.8. The van der Waals surface area contributed by atoms with Gasteiger partial charge < -0.3 is 10.1 Å². The zero-order valence-electron chi connectivity index (χ0n) is 9.35. The predicted octanol–water partition coefficient (Wildman–Crippen LogP) is 1.98. The van der Waals surface area contributed by atoms with Gasteiger partial charge in [-0.2, -0.15) is 0 Å². The average Bonchev–Trinajstić information content (AvgIpc) is 3.06. The minimum absolute atomic E-state index is 0.0290. The van der Waals surface area contributed by atoms with Gasteiger partial charge in [-0.15, -0.1) is 0 Å². The number of nitro groups is 1. The van der Waals surface area contributed by atoms with Gasteiger partial charge in [-0.25, -0.2) is 4.79 Å². The molecule has 0 bridgehead atoms. The van der Waals surface area contributed by atoms with Crippen LogP contribution in [-0.2, 0) is 4.74 Å². The van der Waals surface area contributed by atoms with Gasteiger partial charge in [0.1, 0.15) is 5.76 Å². The van der Waals surface area contributed by atoms with Gasteiger partial charge in [-0.3, -0.25) is 10.1 Å². The van der Waals surface area contributed by atoms with Crippen molar-refractivity contribution in [1.82, 2.24) is 5.32 Å². The molecule has 6 heteroatoms. The highest BCUT2D eigenvalue weighted by Crippen LogP contribution is 2.27. The Bertz CT molecular complexity index is 383. The van der Waals surface area contributed by atoms with Gasteiger partial charge in [-0.1, -0.05) is 6.58 Å². The Hall–Kier alpha value is -2.11. The molecule has 0 radical (unpaired) electrons. The second kappa shape index (κ2) is 5.83. The third-order valence-corrected chi connectivity index (χ3v) is 2.15. The zero-order valence-corrected chi connectivity index (χ0v) is 9.35. The Labute approximate surface area is 98.8 Å². The third kappa shape index (κ3) is 5.50. The maximum atomic E-state index is 11.2. The highest BCUT2D eigenvalue weighted by molar-refractivity contribution is 5.68. The van der Waals surface area contributed by atoms with E-state index in [0.717, 1.165) is 18.9 Å². The van der Waals surface area contributed by atoms with Crippen LogP contribution in [0.5, 0.6) is 0 Å². The van der Waals surface area contributed by atoms with Crippen LogP contribution in [0.15, 0.2) is 36.8 Å². The van der Waals surface area contributed by atoms with Gasteiger partial charge in [-0.05, 0) is 31.4 Å². The lowest BCUT2D eigenvalue weighted by atomic mass is 10.4. The quantitative estimate of drug-likeness (QED) is 0.332. The molecule has 92 valence electrons. The van der Waals surface area contributed by atoms with Crippen LogP contribution in [0.25, 0.3) is 0 Å². The van der Waals surface area contributed by atoms with E-state index >= 15 is 0 Å². The van der Waals surface area contributed by atoms with Crippen molar-refractivity contribution in [3.05, 3.63) is 46.9 Å². The Morgan fingerprint density at radius 2 is 2.12 bits per heavy atom. The number of nitrogens with one attached hydrogen (secondary N) is 1. The summed E-state index contributed by atoms with van der Waals surface area (Å²) in [7, 11) is 0. The van der Waals surface area contributed by atoms with E-state index in [1.807, 2.05) is 0 Å². The number of hydrogen-bond donors (Lipinski definition) is 1. The summed E-state index contributed by atoms with van der Waals surface area (Å²) < 4.78 is 4.76. The Morgan fingerprint density at radius 3 is 2.65 bits per heavy atom. The van der Waals surface area contributed by atoms with Crippen LogP contribution in [0.1, 0.15) is 12.8 Å². The van der Waals surface area contributed by atoms with E-state index in [4.69, 9.17) is 4.74 Å². The lowest BCUT2D eigenvalue weighted by molar-refractivity contribution is -0.418. The van der Waals surface area contributed by atoms with Crippen molar-refractivity contribution < 1.29 is 14.5 Å². The fourth-order valence-corrected chi connectivity index (χ4v) is 0.989. The lowest BCUT2D eigenvalue weighted by Crippen LogP contribution is -2.25. The van der Waals surface area contributed by atoms with Gasteiger partial charge in [0.2, 0.25) is 0 Å². The first-order valence-electron chi connectivity index (χ1n) is 5.15. The van der Waals surface area contributed by atoms with Gasteiger partial charge in [0.15, 0.2) is 0 Å². The molecule has 0 aromatic carbocycles. The summed E-state index contributed by atoms with van der Waals surface area (Å²) in [6.07, 6.45) is 4.00. The van der Waals surface area contributed by atoms with Crippen LogP contribution in [0.3, 0.4) is 0 Å². The monoisotopic (exact) mass is 238 g/mol. The lowest BCUT2D eigenvalue weighted by Gasteiger charge is -2.04. The molecule has 0 spiro atoms. The molecule has 1 amide bonds. The first-order valence-corrected chi connectivity index (χ1v) is 5.15. The molecule has 0 unspecified atom stereocenters. The van der Waals surface area contributed by atoms with Gasteiger partial charge in [0.25, 0.3) is 5.70 Å². The number of amides is 1. The Balaban J connectivity index is 2.25. The fraction of sp³-hybridized carbons (Fsp3) is 0.364. The van der Waals surface area contributed by atoms with Crippen LogP contribution < -0.4 is 5.32 Å². The zero-order chi connectivity index (χ0) is 12.8. The van der Waals surface area contributed by atoms with E-state index in [1.54, 1.807) is 0 Å². The molecule has 1 fully saturated rings. The van der Waals surface area contributed by atoms with E-state index < -0.39 is 11.0 Å². The van der Waals surface area contributed by atoms with Gasteiger partial charge in [0.05, 0.1) is 4.92 Å². The summed E-state index contributed by atoms with van der Waals surface area (Å²) in [5.74, 6) is 0.585.